The zero-order valence-corrected chi connectivity index (χ0v) is 19.9. The summed E-state index contributed by atoms with van der Waals surface area (Å²) in [4.78, 5) is 20.8. The van der Waals surface area contributed by atoms with Crippen molar-refractivity contribution < 1.29 is 9.00 Å². The highest BCUT2D eigenvalue weighted by Crippen LogP contribution is 2.16. The summed E-state index contributed by atoms with van der Waals surface area (Å²) >= 11 is 0. The summed E-state index contributed by atoms with van der Waals surface area (Å²) in [6.45, 7) is 10.6. The van der Waals surface area contributed by atoms with Gasteiger partial charge in [0.1, 0.15) is 6.54 Å². The van der Waals surface area contributed by atoms with Gasteiger partial charge in [0.15, 0.2) is 5.96 Å². The van der Waals surface area contributed by atoms with Gasteiger partial charge in [-0.15, -0.1) is 24.0 Å². The number of guanidine groups is 1. The van der Waals surface area contributed by atoms with Gasteiger partial charge in [-0.25, -0.2) is 0 Å². The van der Waals surface area contributed by atoms with Gasteiger partial charge in [0.25, 0.3) is 0 Å². The molecule has 0 spiro atoms. The molecule has 1 fully saturated rings. The molecule has 10 heteroatoms. The van der Waals surface area contributed by atoms with E-state index in [0.29, 0.717) is 31.3 Å². The molecule has 1 atom stereocenters. The van der Waals surface area contributed by atoms with Gasteiger partial charge in [0.05, 0.1) is 18.4 Å². The number of hydrogen-bond acceptors (Lipinski definition) is 4. The molecule has 1 aromatic heterocycles. The Morgan fingerprint density at radius 1 is 1.37 bits per heavy atom. The maximum atomic E-state index is 12.6. The number of rotatable bonds is 5. The van der Waals surface area contributed by atoms with E-state index in [0.717, 1.165) is 12.2 Å². The SMILES string of the molecule is CCNC(=NCCS(=O)C(C)(C)C)N1CCN(c2cnn(C)c2)C(=O)C1.I. The highest BCUT2D eigenvalue weighted by molar-refractivity contribution is 14.0. The maximum Gasteiger partial charge on any atom is 0.246 e. The molecule has 0 bridgehead atoms. The van der Waals surface area contributed by atoms with Crippen molar-refractivity contribution in [1.29, 1.82) is 0 Å². The molecule has 1 N–H and O–H groups in total. The minimum absolute atomic E-state index is 0. The molecule has 0 radical (unpaired) electrons. The van der Waals surface area contributed by atoms with Crippen molar-refractivity contribution in [3.05, 3.63) is 12.4 Å². The number of hydrogen-bond donors (Lipinski definition) is 1. The fourth-order valence-corrected chi connectivity index (χ4v) is 3.51. The monoisotopic (exact) mass is 510 g/mol. The highest BCUT2D eigenvalue weighted by Gasteiger charge is 2.27. The van der Waals surface area contributed by atoms with Crippen LogP contribution in [0.4, 0.5) is 5.69 Å². The Morgan fingerprint density at radius 2 is 2.07 bits per heavy atom. The average molecular weight is 510 g/mol. The number of carbonyl (C=O) groups excluding carboxylic acids is 1. The third-order valence-corrected chi connectivity index (χ3v) is 6.00. The molecule has 8 nitrogen and oxygen atoms in total. The number of piperazine rings is 1. The molecule has 1 amide bonds. The smallest absolute Gasteiger partial charge is 0.246 e. The lowest BCUT2D eigenvalue weighted by Gasteiger charge is -2.35. The molecule has 1 aromatic rings. The van der Waals surface area contributed by atoms with Crippen molar-refractivity contribution in [2.75, 3.05) is 43.4 Å². The fraction of sp³-hybridized carbons (Fsp3) is 0.706. The number of nitrogens with one attached hydrogen (secondary N) is 1. The van der Waals surface area contributed by atoms with E-state index in [1.807, 2.05) is 45.8 Å². The van der Waals surface area contributed by atoms with Crippen LogP contribution in [-0.4, -0.2) is 74.0 Å². The van der Waals surface area contributed by atoms with Crippen LogP contribution in [0.3, 0.4) is 0 Å². The first-order chi connectivity index (χ1) is 12.2. The molecule has 1 saturated heterocycles. The van der Waals surface area contributed by atoms with E-state index in [1.54, 1.807) is 15.8 Å². The fourth-order valence-electron chi connectivity index (χ4n) is 2.64. The summed E-state index contributed by atoms with van der Waals surface area (Å²) in [5.74, 6) is 1.24. The van der Waals surface area contributed by atoms with E-state index in [2.05, 4.69) is 15.4 Å². The Labute approximate surface area is 181 Å². The number of halogens is 1. The van der Waals surface area contributed by atoms with Gasteiger partial charge in [0, 0.05) is 54.2 Å². The topological polar surface area (TPSA) is 82.8 Å². The van der Waals surface area contributed by atoms with Crippen LogP contribution < -0.4 is 10.2 Å². The molecule has 0 aromatic carbocycles. The van der Waals surface area contributed by atoms with Gasteiger partial charge in [-0.2, -0.15) is 5.10 Å². The van der Waals surface area contributed by atoms with Gasteiger partial charge >= 0.3 is 0 Å². The molecule has 2 rings (SSSR count). The second kappa shape index (κ2) is 10.4. The quantitative estimate of drug-likeness (QED) is 0.366. The number of aryl methyl sites for hydroxylation is 1. The first-order valence-electron chi connectivity index (χ1n) is 8.93. The molecule has 2 heterocycles. The largest absolute Gasteiger partial charge is 0.357 e. The predicted octanol–water partition coefficient (Wildman–Crippen LogP) is 1.20. The van der Waals surface area contributed by atoms with Crippen LogP contribution in [0.5, 0.6) is 0 Å². The minimum atomic E-state index is -0.936. The number of anilines is 1. The number of nitrogens with zero attached hydrogens (tertiary/aromatic N) is 5. The molecule has 1 aliphatic heterocycles. The Balaban J connectivity index is 0.00000364. The summed E-state index contributed by atoms with van der Waals surface area (Å²) in [6.07, 6.45) is 3.54. The van der Waals surface area contributed by atoms with Crippen molar-refractivity contribution in [3.8, 4) is 0 Å². The number of amides is 1. The van der Waals surface area contributed by atoms with Crippen molar-refractivity contribution in [2.45, 2.75) is 32.4 Å². The molecule has 0 saturated carbocycles. The van der Waals surface area contributed by atoms with Gasteiger partial charge in [0.2, 0.25) is 5.91 Å². The van der Waals surface area contributed by atoms with Crippen LogP contribution in [0.15, 0.2) is 17.4 Å². The third-order valence-electron chi connectivity index (χ3n) is 4.08. The molecule has 1 aliphatic rings. The zero-order valence-electron chi connectivity index (χ0n) is 16.8. The van der Waals surface area contributed by atoms with Crippen LogP contribution >= 0.6 is 24.0 Å². The van der Waals surface area contributed by atoms with E-state index in [-0.39, 0.29) is 41.2 Å². The second-order valence-electron chi connectivity index (χ2n) is 7.24. The Kier molecular flexibility index (Phi) is 9.19. The standard InChI is InChI=1S/C17H30N6O2S.HI/c1-6-18-16(19-7-10-26(25)17(2,3)4)22-8-9-23(15(24)13-22)14-11-20-21(5)12-14;/h11-12H,6-10,13H2,1-5H3,(H,18,19);1H. The summed E-state index contributed by atoms with van der Waals surface area (Å²) in [5.41, 5.74) is 0.819. The minimum Gasteiger partial charge on any atom is -0.357 e. The van der Waals surface area contributed by atoms with E-state index < -0.39 is 10.8 Å². The molecule has 1 unspecified atom stereocenters. The predicted molar refractivity (Wildman–Crippen MR) is 121 cm³/mol. The van der Waals surface area contributed by atoms with Gasteiger partial charge in [-0.1, -0.05) is 0 Å². The van der Waals surface area contributed by atoms with Crippen molar-refractivity contribution >= 4 is 52.3 Å². The van der Waals surface area contributed by atoms with Crippen LogP contribution in [0.1, 0.15) is 27.7 Å². The number of aromatic nitrogens is 2. The molecule has 27 heavy (non-hydrogen) atoms. The van der Waals surface area contributed by atoms with Crippen molar-refractivity contribution in [1.82, 2.24) is 20.0 Å². The van der Waals surface area contributed by atoms with Crippen LogP contribution in [0.25, 0.3) is 0 Å². The maximum absolute atomic E-state index is 12.6. The summed E-state index contributed by atoms with van der Waals surface area (Å²) in [7, 11) is 0.899. The Bertz CT molecular complexity index is 685. The van der Waals surface area contributed by atoms with Gasteiger partial charge in [-0.3, -0.25) is 18.7 Å². The van der Waals surface area contributed by atoms with Gasteiger partial charge in [-0.05, 0) is 27.7 Å². The first kappa shape index (κ1) is 23.9. The van der Waals surface area contributed by atoms with Crippen LogP contribution in [0.2, 0.25) is 0 Å². The lowest BCUT2D eigenvalue weighted by Crippen LogP contribution is -2.55. The van der Waals surface area contributed by atoms with E-state index in [4.69, 9.17) is 0 Å². The average Bonchev–Trinajstić information content (AvgIpc) is 2.99. The van der Waals surface area contributed by atoms with Crippen LogP contribution in [0, 0.1) is 0 Å². The lowest BCUT2D eigenvalue weighted by molar-refractivity contribution is -0.120. The summed E-state index contributed by atoms with van der Waals surface area (Å²) < 4.78 is 13.6. The molecular formula is C17H31IN6O2S. The van der Waals surface area contributed by atoms with Crippen LogP contribution in [-0.2, 0) is 22.6 Å². The van der Waals surface area contributed by atoms with Gasteiger partial charge < -0.3 is 15.1 Å². The molecular weight excluding hydrogens is 479 g/mol. The Hall–Kier alpha value is -1.17. The first-order valence-corrected chi connectivity index (χ1v) is 10.2. The third kappa shape index (κ3) is 6.74. The number of aliphatic imine (C=N–C) groups is 1. The van der Waals surface area contributed by atoms with E-state index >= 15 is 0 Å². The molecule has 0 aliphatic carbocycles. The van der Waals surface area contributed by atoms with E-state index in [1.165, 1.54) is 0 Å². The van der Waals surface area contributed by atoms with Crippen molar-refractivity contribution in [3.63, 3.8) is 0 Å². The van der Waals surface area contributed by atoms with Crippen molar-refractivity contribution in [2.24, 2.45) is 12.0 Å². The number of carbonyl (C=O) groups is 1. The summed E-state index contributed by atoms with van der Waals surface area (Å²) in [6, 6.07) is 0. The summed E-state index contributed by atoms with van der Waals surface area (Å²) in [5, 5.41) is 7.36. The normalized spacial score (nSPS) is 16.9. The molecule has 154 valence electrons. The van der Waals surface area contributed by atoms with E-state index in [9.17, 15) is 9.00 Å². The Morgan fingerprint density at radius 3 is 2.59 bits per heavy atom. The lowest BCUT2D eigenvalue weighted by atomic mass is 10.3. The zero-order chi connectivity index (χ0) is 19.3. The second-order valence-corrected chi connectivity index (χ2v) is 9.56. The highest BCUT2D eigenvalue weighted by atomic mass is 127.